The van der Waals surface area contributed by atoms with E-state index in [2.05, 4.69) is 12.6 Å². The van der Waals surface area contributed by atoms with Gasteiger partial charge in [-0.1, -0.05) is 43.3 Å². The van der Waals surface area contributed by atoms with Crippen LogP contribution in [0.5, 0.6) is 0 Å². The zero-order chi connectivity index (χ0) is 22.1. The smallest absolute Gasteiger partial charge is 0.335 e. The Balaban J connectivity index is 0.000000297. The summed E-state index contributed by atoms with van der Waals surface area (Å²) in [5.74, 6) is -1.75. The van der Waals surface area contributed by atoms with Crippen LogP contribution in [0, 0.1) is 5.92 Å². The SMILES string of the molecule is C[C@H](CS)C(=O)N1C[C@@H](Sc2ccccc2)C[C@H]1C(=O)O.O=C(O)c1ccccc1. The summed E-state index contributed by atoms with van der Waals surface area (Å²) >= 11 is 5.77. The molecule has 0 spiro atoms. The van der Waals surface area contributed by atoms with Gasteiger partial charge in [-0.05, 0) is 30.7 Å². The lowest BCUT2D eigenvalue weighted by atomic mass is 10.1. The highest BCUT2D eigenvalue weighted by molar-refractivity contribution is 8.00. The van der Waals surface area contributed by atoms with Crippen LogP contribution in [0.3, 0.4) is 0 Å². The molecule has 8 heteroatoms. The number of hydrogen-bond acceptors (Lipinski definition) is 5. The van der Waals surface area contributed by atoms with Gasteiger partial charge in [-0.15, -0.1) is 11.8 Å². The molecule has 1 aliphatic heterocycles. The van der Waals surface area contributed by atoms with Crippen LogP contribution in [0.15, 0.2) is 65.6 Å². The number of carboxylic acid groups (broad SMARTS) is 2. The third-order valence-electron chi connectivity index (χ3n) is 4.59. The molecule has 2 N–H and O–H groups in total. The molecule has 0 bridgehead atoms. The van der Waals surface area contributed by atoms with Gasteiger partial charge in [-0.2, -0.15) is 12.6 Å². The number of benzene rings is 2. The van der Waals surface area contributed by atoms with E-state index >= 15 is 0 Å². The third kappa shape index (κ3) is 6.81. The maximum Gasteiger partial charge on any atom is 0.335 e. The first kappa shape index (κ1) is 23.8. The zero-order valence-corrected chi connectivity index (χ0v) is 18.3. The summed E-state index contributed by atoms with van der Waals surface area (Å²) in [6.45, 7) is 2.26. The quantitative estimate of drug-likeness (QED) is 0.584. The molecule has 2 aromatic rings. The first-order valence-electron chi connectivity index (χ1n) is 9.47. The number of thiol groups is 1. The highest BCUT2D eigenvalue weighted by Crippen LogP contribution is 2.33. The van der Waals surface area contributed by atoms with Gasteiger partial charge in [0.1, 0.15) is 6.04 Å². The van der Waals surface area contributed by atoms with Crippen molar-refractivity contribution in [2.45, 2.75) is 29.5 Å². The summed E-state index contributed by atoms with van der Waals surface area (Å²) in [5, 5.41) is 17.8. The minimum absolute atomic E-state index is 0.115. The number of thioether (sulfide) groups is 1. The van der Waals surface area contributed by atoms with Crippen molar-refractivity contribution in [3.05, 3.63) is 66.2 Å². The molecule has 1 saturated heterocycles. The van der Waals surface area contributed by atoms with Crippen molar-refractivity contribution in [3.63, 3.8) is 0 Å². The summed E-state index contributed by atoms with van der Waals surface area (Å²) < 4.78 is 0. The van der Waals surface area contributed by atoms with E-state index in [0.29, 0.717) is 24.3 Å². The number of rotatable bonds is 6. The Bertz CT molecular complexity index is 847. The molecule has 0 aromatic heterocycles. The van der Waals surface area contributed by atoms with Crippen LogP contribution in [0.2, 0.25) is 0 Å². The fraction of sp³-hybridized carbons (Fsp3) is 0.318. The normalized spacial score (nSPS) is 18.8. The number of likely N-dealkylation sites (tertiary alicyclic amines) is 1. The molecule has 3 rings (SSSR count). The lowest BCUT2D eigenvalue weighted by molar-refractivity contribution is -0.149. The molecule has 1 aliphatic rings. The standard InChI is InChI=1S/C15H19NO3S2.C7H6O2/c1-10(9-20)14(17)16-8-12(7-13(16)15(18)19)21-11-5-3-2-4-6-11;8-7(9)6-4-2-1-3-5-6/h2-6,10,12-13,20H,7-9H2,1H3,(H,18,19);1-5H,(H,8,9)/t10-,12+,13+;/m1./s1. The summed E-state index contributed by atoms with van der Waals surface area (Å²) in [6.07, 6.45) is 0.486. The fourth-order valence-electron chi connectivity index (χ4n) is 2.99. The van der Waals surface area contributed by atoms with Crippen molar-refractivity contribution in [2.24, 2.45) is 5.92 Å². The molecule has 1 amide bonds. The van der Waals surface area contributed by atoms with Gasteiger partial charge in [0.15, 0.2) is 0 Å². The molecular formula is C22H25NO5S2. The molecule has 2 aromatic carbocycles. The maximum absolute atomic E-state index is 12.3. The monoisotopic (exact) mass is 447 g/mol. The minimum atomic E-state index is -0.925. The fourth-order valence-corrected chi connectivity index (χ4v) is 4.36. The number of aromatic carboxylic acids is 1. The van der Waals surface area contributed by atoms with Crippen LogP contribution >= 0.6 is 24.4 Å². The predicted molar refractivity (Wildman–Crippen MR) is 120 cm³/mol. The van der Waals surface area contributed by atoms with Gasteiger partial charge in [0.05, 0.1) is 5.56 Å². The first-order chi connectivity index (χ1) is 14.3. The van der Waals surface area contributed by atoms with Crippen LogP contribution in [-0.4, -0.2) is 56.5 Å². The molecule has 0 unspecified atom stereocenters. The Morgan fingerprint density at radius 1 is 1.07 bits per heavy atom. The molecule has 1 fully saturated rings. The molecule has 0 radical (unpaired) electrons. The Morgan fingerprint density at radius 3 is 2.10 bits per heavy atom. The summed E-state index contributed by atoms with van der Waals surface area (Å²) in [7, 11) is 0. The van der Waals surface area contributed by atoms with Gasteiger partial charge in [-0.3, -0.25) is 4.79 Å². The topological polar surface area (TPSA) is 94.9 Å². The van der Waals surface area contributed by atoms with Gasteiger partial charge in [0, 0.05) is 28.4 Å². The van der Waals surface area contributed by atoms with Crippen LogP contribution in [-0.2, 0) is 9.59 Å². The van der Waals surface area contributed by atoms with Crippen LogP contribution < -0.4 is 0 Å². The summed E-state index contributed by atoms with van der Waals surface area (Å²) in [4.78, 5) is 36.5. The number of hydrogen-bond donors (Lipinski definition) is 3. The van der Waals surface area contributed by atoms with Crippen LogP contribution in [0.1, 0.15) is 23.7 Å². The van der Waals surface area contributed by atoms with E-state index in [4.69, 9.17) is 5.11 Å². The van der Waals surface area contributed by atoms with Gasteiger partial charge >= 0.3 is 11.9 Å². The number of aliphatic carboxylic acids is 1. The van der Waals surface area contributed by atoms with E-state index < -0.39 is 18.0 Å². The van der Waals surface area contributed by atoms with Crippen LogP contribution in [0.25, 0.3) is 0 Å². The molecular weight excluding hydrogens is 422 g/mol. The molecule has 3 atom stereocenters. The molecule has 6 nitrogen and oxygen atoms in total. The largest absolute Gasteiger partial charge is 0.480 e. The second kappa shape index (κ2) is 11.7. The van der Waals surface area contributed by atoms with Crippen molar-refractivity contribution in [1.29, 1.82) is 0 Å². The second-order valence-corrected chi connectivity index (χ2v) is 8.63. The van der Waals surface area contributed by atoms with Crippen molar-refractivity contribution in [3.8, 4) is 0 Å². The Kier molecular flexibility index (Phi) is 9.26. The molecule has 160 valence electrons. The zero-order valence-electron chi connectivity index (χ0n) is 16.5. The number of carboxylic acids is 2. The molecule has 0 aliphatic carbocycles. The average Bonchev–Trinajstić information content (AvgIpc) is 3.18. The number of carbonyl (C=O) groups is 3. The second-order valence-electron chi connectivity index (χ2n) is 6.89. The Hall–Kier alpha value is -2.45. The summed E-state index contributed by atoms with van der Waals surface area (Å²) in [6, 6.07) is 17.4. The van der Waals surface area contributed by atoms with Crippen molar-refractivity contribution in [2.75, 3.05) is 12.3 Å². The van der Waals surface area contributed by atoms with Gasteiger partial charge in [0.2, 0.25) is 5.91 Å². The average molecular weight is 448 g/mol. The summed E-state index contributed by atoms with van der Waals surface area (Å²) in [5.41, 5.74) is 0.331. The van der Waals surface area contributed by atoms with E-state index in [-0.39, 0.29) is 17.1 Å². The molecule has 30 heavy (non-hydrogen) atoms. The van der Waals surface area contributed by atoms with E-state index in [1.165, 1.54) is 4.90 Å². The van der Waals surface area contributed by atoms with E-state index in [1.807, 2.05) is 30.3 Å². The Labute approximate surface area is 185 Å². The van der Waals surface area contributed by atoms with E-state index in [0.717, 1.165) is 4.90 Å². The number of carbonyl (C=O) groups excluding carboxylic acids is 1. The first-order valence-corrected chi connectivity index (χ1v) is 11.0. The van der Waals surface area contributed by atoms with Crippen molar-refractivity contribution >= 4 is 42.2 Å². The van der Waals surface area contributed by atoms with Gasteiger partial charge in [0.25, 0.3) is 0 Å². The third-order valence-corrected chi connectivity index (χ3v) is 6.36. The Morgan fingerprint density at radius 2 is 1.63 bits per heavy atom. The van der Waals surface area contributed by atoms with Crippen LogP contribution in [0.4, 0.5) is 0 Å². The highest BCUT2D eigenvalue weighted by atomic mass is 32.2. The molecule has 1 heterocycles. The number of amides is 1. The van der Waals surface area contributed by atoms with E-state index in [1.54, 1.807) is 49.0 Å². The van der Waals surface area contributed by atoms with Gasteiger partial charge < -0.3 is 15.1 Å². The molecule has 0 saturated carbocycles. The van der Waals surface area contributed by atoms with Crippen molar-refractivity contribution in [1.82, 2.24) is 4.90 Å². The lowest BCUT2D eigenvalue weighted by Gasteiger charge is -2.24. The van der Waals surface area contributed by atoms with Gasteiger partial charge in [-0.25, -0.2) is 9.59 Å². The maximum atomic E-state index is 12.3. The predicted octanol–water partition coefficient (Wildman–Crippen LogP) is 3.78. The number of nitrogens with zero attached hydrogens (tertiary/aromatic N) is 1. The minimum Gasteiger partial charge on any atom is -0.480 e. The highest BCUT2D eigenvalue weighted by Gasteiger charge is 2.40. The lowest BCUT2D eigenvalue weighted by Crippen LogP contribution is -2.43. The van der Waals surface area contributed by atoms with E-state index in [9.17, 15) is 19.5 Å². The van der Waals surface area contributed by atoms with Crippen molar-refractivity contribution < 1.29 is 24.6 Å².